The van der Waals surface area contributed by atoms with Crippen molar-refractivity contribution >= 4 is 17.9 Å². The normalized spacial score (nSPS) is 19.7. The Bertz CT molecular complexity index is 1540. The average molecular weight is 572 g/mol. The molecule has 2 amide bonds. The van der Waals surface area contributed by atoms with Crippen molar-refractivity contribution in [3.8, 4) is 23.0 Å². The summed E-state index contributed by atoms with van der Waals surface area (Å²) in [5.74, 6) is 3.36. The summed E-state index contributed by atoms with van der Waals surface area (Å²) in [6.45, 7) is 8.48. The molecule has 5 heterocycles. The summed E-state index contributed by atoms with van der Waals surface area (Å²) in [6, 6.07) is 8.11. The summed E-state index contributed by atoms with van der Waals surface area (Å²) in [5.41, 5.74) is 3.26. The van der Waals surface area contributed by atoms with Crippen LogP contribution in [0.1, 0.15) is 63.4 Å². The van der Waals surface area contributed by atoms with E-state index in [1.807, 2.05) is 48.4 Å². The first-order valence-corrected chi connectivity index (χ1v) is 14.9. The number of carbonyl (C=O) groups is 2. The van der Waals surface area contributed by atoms with Gasteiger partial charge in [-0.15, -0.1) is 0 Å². The molecular formula is C31H37N7O4. The lowest BCUT2D eigenvalue weighted by Gasteiger charge is -2.33. The van der Waals surface area contributed by atoms with E-state index >= 15 is 0 Å². The molecule has 42 heavy (non-hydrogen) atoms. The van der Waals surface area contributed by atoms with E-state index in [2.05, 4.69) is 16.4 Å². The van der Waals surface area contributed by atoms with Gasteiger partial charge in [-0.2, -0.15) is 4.98 Å². The number of benzene rings is 1. The number of hydrogen-bond acceptors (Lipinski definition) is 8. The minimum Gasteiger partial charge on any atom is -0.493 e. The molecule has 1 saturated heterocycles. The SMILES string of the molecule is CC(C)(C)OC(=O)N1Cc2nc(-c3ccc4c(c3)CCO4)n(-c3ccnc(N[C@H]4CCCN(C(=O)C5CC5)C4)n3)c2C1. The number of amides is 2. The molecule has 0 unspecified atom stereocenters. The molecule has 1 aromatic carbocycles. The molecule has 7 rings (SSSR count). The number of anilines is 1. The van der Waals surface area contributed by atoms with Crippen LogP contribution in [0.3, 0.4) is 0 Å². The molecular weight excluding hydrogens is 534 g/mol. The zero-order chi connectivity index (χ0) is 29.0. The van der Waals surface area contributed by atoms with E-state index in [-0.39, 0.29) is 24.0 Å². The Morgan fingerprint density at radius 3 is 2.74 bits per heavy atom. The second kappa shape index (κ2) is 10.3. The summed E-state index contributed by atoms with van der Waals surface area (Å²) in [5, 5.41) is 3.49. The average Bonchev–Trinajstić information content (AvgIpc) is 3.39. The largest absolute Gasteiger partial charge is 0.493 e. The van der Waals surface area contributed by atoms with Crippen molar-refractivity contribution in [2.24, 2.45) is 5.92 Å². The molecule has 1 saturated carbocycles. The number of nitrogens with one attached hydrogen (secondary N) is 1. The Morgan fingerprint density at radius 1 is 1.07 bits per heavy atom. The Morgan fingerprint density at radius 2 is 1.93 bits per heavy atom. The smallest absolute Gasteiger partial charge is 0.410 e. The molecule has 4 aliphatic rings. The van der Waals surface area contributed by atoms with Gasteiger partial charge in [0.2, 0.25) is 11.9 Å². The van der Waals surface area contributed by atoms with Gasteiger partial charge in [0.1, 0.15) is 23.0 Å². The third-order valence-corrected chi connectivity index (χ3v) is 8.20. The van der Waals surface area contributed by atoms with Crippen molar-refractivity contribution < 1.29 is 19.1 Å². The van der Waals surface area contributed by atoms with Crippen LogP contribution < -0.4 is 10.1 Å². The van der Waals surface area contributed by atoms with E-state index in [1.165, 1.54) is 0 Å². The third kappa shape index (κ3) is 5.28. The Hall–Kier alpha value is -4.15. The molecule has 0 radical (unpaired) electrons. The number of fused-ring (bicyclic) bond motifs is 2. The highest BCUT2D eigenvalue weighted by atomic mass is 16.6. The minimum atomic E-state index is -0.587. The van der Waals surface area contributed by atoms with Crippen molar-refractivity contribution in [3.05, 3.63) is 47.4 Å². The highest BCUT2D eigenvalue weighted by Gasteiger charge is 2.36. The Kier molecular flexibility index (Phi) is 6.55. The molecule has 11 nitrogen and oxygen atoms in total. The summed E-state index contributed by atoms with van der Waals surface area (Å²) in [4.78, 5) is 43.8. The Labute approximate surface area is 245 Å². The Balaban J connectivity index is 1.20. The monoisotopic (exact) mass is 571 g/mol. The maximum Gasteiger partial charge on any atom is 0.410 e. The second-order valence-electron chi connectivity index (χ2n) is 12.7. The fourth-order valence-corrected chi connectivity index (χ4v) is 6.04. The van der Waals surface area contributed by atoms with Gasteiger partial charge in [0.15, 0.2) is 0 Å². The predicted molar refractivity (Wildman–Crippen MR) is 155 cm³/mol. The molecule has 3 aromatic rings. The van der Waals surface area contributed by atoms with Crippen molar-refractivity contribution in [2.75, 3.05) is 25.0 Å². The molecule has 3 aliphatic heterocycles. The lowest BCUT2D eigenvalue weighted by atomic mass is 10.1. The van der Waals surface area contributed by atoms with Crippen LogP contribution in [0.2, 0.25) is 0 Å². The van der Waals surface area contributed by atoms with Crippen LogP contribution >= 0.6 is 0 Å². The lowest BCUT2D eigenvalue weighted by Crippen LogP contribution is -2.45. The fraction of sp³-hybridized carbons (Fsp3) is 0.516. The molecule has 2 aromatic heterocycles. The van der Waals surface area contributed by atoms with Gasteiger partial charge in [-0.1, -0.05) is 0 Å². The van der Waals surface area contributed by atoms with Crippen LogP contribution in [0.4, 0.5) is 10.7 Å². The minimum absolute atomic E-state index is 0.0871. The quantitative estimate of drug-likeness (QED) is 0.482. The molecule has 11 heteroatoms. The van der Waals surface area contributed by atoms with Crippen molar-refractivity contribution in [1.29, 1.82) is 0 Å². The standard InChI is InChI=1S/C31H37N7O4/c1-31(2,3)42-30(40)37-17-23-24(18-37)38(27(34-23)21-8-9-25-20(15-21)11-14-41-25)26-10-12-32-29(35-26)33-22-5-4-13-36(16-22)28(39)19-6-7-19/h8-10,12,15,19,22H,4-7,11,13-14,16-18H2,1-3H3,(H,32,33,35)/t22-/m0/s1. The maximum absolute atomic E-state index is 12.9. The van der Waals surface area contributed by atoms with Crippen molar-refractivity contribution in [2.45, 2.75) is 77.6 Å². The van der Waals surface area contributed by atoms with Gasteiger partial charge < -0.3 is 19.7 Å². The molecule has 0 spiro atoms. The summed E-state index contributed by atoms with van der Waals surface area (Å²) in [6.07, 6.45) is 6.17. The third-order valence-electron chi connectivity index (χ3n) is 8.20. The van der Waals surface area contributed by atoms with Gasteiger partial charge in [0.25, 0.3) is 0 Å². The van der Waals surface area contributed by atoms with Crippen LogP contribution in [-0.2, 0) is 29.0 Å². The first kappa shape index (κ1) is 26.7. The van der Waals surface area contributed by atoms with Gasteiger partial charge in [-0.05, 0) is 76.3 Å². The highest BCUT2D eigenvalue weighted by Crippen LogP contribution is 2.36. The number of carbonyl (C=O) groups excluding carboxylic acids is 2. The van der Waals surface area contributed by atoms with E-state index in [9.17, 15) is 9.59 Å². The van der Waals surface area contributed by atoms with E-state index < -0.39 is 5.60 Å². The zero-order valence-corrected chi connectivity index (χ0v) is 24.4. The van der Waals surface area contributed by atoms with Gasteiger partial charge in [-0.25, -0.2) is 14.8 Å². The summed E-state index contributed by atoms with van der Waals surface area (Å²) < 4.78 is 13.4. The van der Waals surface area contributed by atoms with Crippen molar-refractivity contribution in [3.63, 3.8) is 0 Å². The van der Waals surface area contributed by atoms with E-state index in [1.54, 1.807) is 11.1 Å². The maximum atomic E-state index is 12.9. The number of likely N-dealkylation sites (tertiary alicyclic amines) is 1. The topological polar surface area (TPSA) is 115 Å². The van der Waals surface area contributed by atoms with Gasteiger partial charge in [0, 0.05) is 43.2 Å². The molecule has 220 valence electrons. The summed E-state index contributed by atoms with van der Waals surface area (Å²) in [7, 11) is 0. The van der Waals surface area contributed by atoms with Crippen molar-refractivity contribution in [1.82, 2.24) is 29.3 Å². The molecule has 0 bridgehead atoms. The second-order valence-corrected chi connectivity index (χ2v) is 12.7. The molecule has 1 aliphatic carbocycles. The summed E-state index contributed by atoms with van der Waals surface area (Å²) >= 11 is 0. The first-order valence-electron chi connectivity index (χ1n) is 14.9. The lowest BCUT2D eigenvalue weighted by molar-refractivity contribution is -0.133. The van der Waals surface area contributed by atoms with Gasteiger partial charge in [-0.3, -0.25) is 14.3 Å². The highest BCUT2D eigenvalue weighted by molar-refractivity contribution is 5.81. The van der Waals surface area contributed by atoms with Gasteiger partial charge >= 0.3 is 6.09 Å². The number of ether oxygens (including phenoxy) is 2. The molecule has 2 fully saturated rings. The molecule has 1 N–H and O–H groups in total. The van der Waals surface area contributed by atoms with Crippen LogP contribution in [0.25, 0.3) is 17.2 Å². The van der Waals surface area contributed by atoms with Crippen LogP contribution in [0.15, 0.2) is 30.5 Å². The van der Waals surface area contributed by atoms with E-state index in [0.717, 1.165) is 72.7 Å². The van der Waals surface area contributed by atoms with Gasteiger partial charge in [0.05, 0.1) is 31.1 Å². The van der Waals surface area contributed by atoms with E-state index in [0.29, 0.717) is 38.0 Å². The van der Waals surface area contributed by atoms with Crippen LogP contribution in [-0.4, -0.2) is 72.7 Å². The predicted octanol–water partition coefficient (Wildman–Crippen LogP) is 4.33. The number of aromatic nitrogens is 4. The zero-order valence-electron chi connectivity index (χ0n) is 24.4. The van der Waals surface area contributed by atoms with E-state index in [4.69, 9.17) is 19.4 Å². The fourth-order valence-electron chi connectivity index (χ4n) is 6.04. The number of piperidine rings is 1. The first-order chi connectivity index (χ1) is 20.2. The van der Waals surface area contributed by atoms with Crippen LogP contribution in [0.5, 0.6) is 5.75 Å². The van der Waals surface area contributed by atoms with Crippen LogP contribution in [0, 0.1) is 5.92 Å². The molecule has 1 atom stereocenters. The number of imidazole rings is 1. The number of nitrogens with zero attached hydrogens (tertiary/aromatic N) is 6. The number of rotatable bonds is 5. The number of hydrogen-bond donors (Lipinski definition) is 1.